The molecule has 0 radical (unpaired) electrons. The Labute approximate surface area is 394 Å². The summed E-state index contributed by atoms with van der Waals surface area (Å²) in [5.74, 6) is 2.43. The van der Waals surface area contributed by atoms with E-state index in [2.05, 4.69) is 56.5 Å². The molecule has 2 amide bonds. The quantitative estimate of drug-likeness (QED) is 0.0859. The molecular weight excluding hydrogens is 845 g/mol. The molecule has 1 aliphatic carbocycles. The summed E-state index contributed by atoms with van der Waals surface area (Å²) in [5, 5.41) is 13.4. The average Bonchev–Trinajstić information content (AvgIpc) is 3.34. The summed E-state index contributed by atoms with van der Waals surface area (Å²) >= 11 is 0. The summed E-state index contributed by atoms with van der Waals surface area (Å²) in [7, 11) is 0. The Bertz CT molecular complexity index is 2580. The minimum atomic E-state index is -0.952. The molecule has 8 bridgehead atoms. The van der Waals surface area contributed by atoms with E-state index < -0.39 is 12.2 Å². The largest absolute Gasteiger partial charge is 0.506 e. The number of carbonyl (C=O) groups is 2. The topological polar surface area (TPSA) is 125 Å². The highest BCUT2D eigenvalue weighted by Crippen LogP contribution is 2.46. The fraction of sp³-hybridized carbons (Fsp3) is 0.321. The summed E-state index contributed by atoms with van der Waals surface area (Å²) < 4.78 is 38.3. The third kappa shape index (κ3) is 12.2. The number of benzene rings is 6. The Balaban J connectivity index is 1.46. The normalized spacial score (nSPS) is 11.8. The number of hydrazine groups is 1. The maximum atomic E-state index is 14.6. The number of hydrogen-bond acceptors (Lipinski definition) is 9. The van der Waals surface area contributed by atoms with Crippen molar-refractivity contribution in [3.63, 3.8) is 0 Å². The van der Waals surface area contributed by atoms with Crippen LogP contribution in [-0.4, -0.2) is 43.7 Å². The predicted molar refractivity (Wildman–Crippen MR) is 261 cm³/mol. The van der Waals surface area contributed by atoms with E-state index in [4.69, 9.17) is 28.4 Å². The van der Waals surface area contributed by atoms with Crippen LogP contribution >= 0.6 is 0 Å². The fourth-order valence-electron chi connectivity index (χ4n) is 8.23. The molecule has 0 aliphatic heterocycles. The molecule has 11 nitrogen and oxygen atoms in total. The van der Waals surface area contributed by atoms with Crippen molar-refractivity contribution in [2.75, 3.05) is 31.4 Å². The van der Waals surface area contributed by atoms with Crippen LogP contribution in [0.1, 0.15) is 109 Å². The van der Waals surface area contributed by atoms with E-state index in [0.29, 0.717) is 74.7 Å². The highest BCUT2D eigenvalue weighted by molar-refractivity contribution is 5.94. The number of fused-ring (bicyclic) bond motifs is 8. The van der Waals surface area contributed by atoms with Gasteiger partial charge in [-0.15, -0.1) is 0 Å². The monoisotopic (exact) mass is 906 g/mol. The molecule has 7 rings (SSSR count). The number of amides is 2. The number of rotatable bonds is 17. The molecule has 2 N–H and O–H groups in total. The molecule has 67 heavy (non-hydrogen) atoms. The number of aromatic hydroxyl groups is 1. The molecule has 6 aromatic carbocycles. The Hall–Kier alpha value is -7.14. The first-order valence-electron chi connectivity index (χ1n) is 23.5. The molecule has 0 atom stereocenters. The summed E-state index contributed by atoms with van der Waals surface area (Å²) in [6, 6.07) is 38.6. The zero-order valence-corrected chi connectivity index (χ0v) is 39.1. The van der Waals surface area contributed by atoms with Gasteiger partial charge in [0.15, 0.2) is 0 Å². The van der Waals surface area contributed by atoms with E-state index in [9.17, 15) is 14.7 Å². The van der Waals surface area contributed by atoms with Crippen LogP contribution < -0.4 is 29.4 Å². The predicted octanol–water partition coefficient (Wildman–Crippen LogP) is 12.2. The van der Waals surface area contributed by atoms with Crippen molar-refractivity contribution in [2.45, 2.75) is 92.3 Å². The van der Waals surface area contributed by atoms with Gasteiger partial charge in [-0.1, -0.05) is 143 Å². The minimum Gasteiger partial charge on any atom is -0.506 e. The zero-order valence-electron chi connectivity index (χ0n) is 39.1. The van der Waals surface area contributed by atoms with Crippen molar-refractivity contribution in [1.29, 1.82) is 0 Å². The molecule has 0 saturated carbocycles. The molecule has 350 valence electrons. The van der Waals surface area contributed by atoms with Gasteiger partial charge in [0.25, 0.3) is 0 Å². The lowest BCUT2D eigenvalue weighted by Crippen LogP contribution is -2.47. The van der Waals surface area contributed by atoms with Gasteiger partial charge in [0, 0.05) is 36.8 Å². The van der Waals surface area contributed by atoms with Crippen molar-refractivity contribution >= 4 is 17.9 Å². The first-order valence-corrected chi connectivity index (χ1v) is 23.5. The van der Waals surface area contributed by atoms with E-state index in [1.54, 1.807) is 6.07 Å². The zero-order chi connectivity index (χ0) is 47.0. The molecule has 6 aromatic rings. The molecular formula is C56H62N2O9. The number of anilines is 1. The first-order chi connectivity index (χ1) is 32.8. The third-order valence-electron chi connectivity index (χ3n) is 11.3. The van der Waals surface area contributed by atoms with Gasteiger partial charge in [0.05, 0.1) is 26.4 Å². The second-order valence-electron chi connectivity index (χ2n) is 16.6. The molecule has 0 unspecified atom stereocenters. The molecule has 0 spiro atoms. The molecule has 0 aromatic heterocycles. The maximum absolute atomic E-state index is 14.6. The van der Waals surface area contributed by atoms with Crippen molar-refractivity contribution in [3.05, 3.63) is 177 Å². The minimum absolute atomic E-state index is 0.0308. The van der Waals surface area contributed by atoms with Crippen molar-refractivity contribution < 1.29 is 43.1 Å². The fourth-order valence-corrected chi connectivity index (χ4v) is 8.23. The number of para-hydroxylation sites is 3. The van der Waals surface area contributed by atoms with Crippen molar-refractivity contribution in [2.24, 2.45) is 0 Å². The lowest BCUT2D eigenvalue weighted by molar-refractivity contribution is 0.126. The smallest absolute Gasteiger partial charge is 0.434 e. The van der Waals surface area contributed by atoms with Crippen LogP contribution in [-0.2, 0) is 48.4 Å². The highest BCUT2D eigenvalue weighted by Gasteiger charge is 2.32. The molecule has 1 aliphatic rings. The molecule has 0 heterocycles. The van der Waals surface area contributed by atoms with Gasteiger partial charge in [-0.3, -0.25) is 0 Å². The van der Waals surface area contributed by atoms with Gasteiger partial charge < -0.3 is 33.5 Å². The van der Waals surface area contributed by atoms with E-state index >= 15 is 0 Å². The number of nitrogens with zero attached hydrogens (tertiary/aromatic N) is 1. The second kappa shape index (κ2) is 23.9. The van der Waals surface area contributed by atoms with Crippen LogP contribution in [0.2, 0.25) is 0 Å². The van der Waals surface area contributed by atoms with E-state index in [0.717, 1.165) is 80.3 Å². The van der Waals surface area contributed by atoms with E-state index in [1.807, 2.05) is 91.9 Å². The number of carbonyl (C=O) groups excluding carboxylic acids is 2. The van der Waals surface area contributed by atoms with Crippen LogP contribution in [0.15, 0.2) is 121 Å². The Morgan fingerprint density at radius 3 is 1.31 bits per heavy atom. The maximum Gasteiger partial charge on any atom is 0.434 e. The Morgan fingerprint density at radius 1 is 0.493 bits per heavy atom. The van der Waals surface area contributed by atoms with Gasteiger partial charge in [-0.2, -0.15) is 5.01 Å². The third-order valence-corrected chi connectivity index (χ3v) is 11.3. The van der Waals surface area contributed by atoms with Gasteiger partial charge in [0.2, 0.25) is 0 Å². The number of ether oxygens (including phenoxy) is 6. The van der Waals surface area contributed by atoms with E-state index in [-0.39, 0.29) is 31.1 Å². The Morgan fingerprint density at radius 2 is 0.881 bits per heavy atom. The van der Waals surface area contributed by atoms with Crippen LogP contribution in [0.4, 0.5) is 15.3 Å². The highest BCUT2D eigenvalue weighted by atomic mass is 16.6. The van der Waals surface area contributed by atoms with Gasteiger partial charge in [-0.05, 0) is 76.3 Å². The lowest BCUT2D eigenvalue weighted by Gasteiger charge is -2.29. The molecule has 11 heteroatoms. The molecule has 0 fully saturated rings. The number of hydrogen-bond donors (Lipinski definition) is 2. The summed E-state index contributed by atoms with van der Waals surface area (Å²) in [6.07, 6.45) is 2.67. The van der Waals surface area contributed by atoms with Crippen molar-refractivity contribution in [1.82, 2.24) is 5.43 Å². The van der Waals surface area contributed by atoms with Crippen molar-refractivity contribution in [3.8, 4) is 28.7 Å². The first kappa shape index (κ1) is 47.8. The van der Waals surface area contributed by atoms with Crippen LogP contribution in [0, 0.1) is 0 Å². The summed E-state index contributed by atoms with van der Waals surface area (Å²) in [4.78, 5) is 28.4. The standard InChI is InChI=1S/C56H62N2O9/c1-5-28-62-51-41-22-15-23-42(51)33-44-25-17-27-46(53(44)64-30-7-3)35-48-50(49(59)36-47(54(48)65-31-8-4)34-45-26-16-24-43(32-41)52(45)63-29-6-2)58(56(61)67-38-40-20-13-10-14-21-40)57-55(60)66-37-39-18-11-9-12-19-39/h9-27,36,59H,5-8,28-35,37-38H2,1-4H3,(H,57,60). The van der Waals surface area contributed by atoms with Crippen LogP contribution in [0.5, 0.6) is 28.7 Å². The van der Waals surface area contributed by atoms with Gasteiger partial charge in [-0.25, -0.2) is 15.0 Å². The molecule has 0 saturated heterocycles. The summed E-state index contributed by atoms with van der Waals surface area (Å²) in [6.45, 7) is 9.91. The number of nitrogens with one attached hydrogen (secondary N) is 1. The second-order valence-corrected chi connectivity index (χ2v) is 16.6. The van der Waals surface area contributed by atoms with Gasteiger partial charge >= 0.3 is 12.2 Å². The Kier molecular flexibility index (Phi) is 17.0. The summed E-state index contributed by atoms with van der Waals surface area (Å²) in [5.41, 5.74) is 10.8. The lowest BCUT2D eigenvalue weighted by atomic mass is 9.90. The SMILES string of the molecule is CCCOc1c2cccc1Cc1cccc(c1OCCC)Cc1c(OCCC)c(cc(O)c1N(NC(=O)OCc1ccccc1)C(=O)OCc1ccccc1)Cc1cccc(c1OCCC)C2. The van der Waals surface area contributed by atoms with Crippen LogP contribution in [0.3, 0.4) is 0 Å². The average molecular weight is 907 g/mol. The number of phenolic OH excluding ortho intramolecular Hbond substituents is 1. The van der Waals surface area contributed by atoms with Gasteiger partial charge in [0.1, 0.15) is 47.6 Å². The van der Waals surface area contributed by atoms with E-state index in [1.165, 1.54) is 0 Å². The van der Waals surface area contributed by atoms with Crippen LogP contribution in [0.25, 0.3) is 0 Å². The number of phenols is 1.